The van der Waals surface area contributed by atoms with Gasteiger partial charge in [-0.15, -0.1) is 0 Å². The molecule has 0 aliphatic carbocycles. The molecule has 0 aromatic carbocycles. The van der Waals surface area contributed by atoms with Gasteiger partial charge in [-0.2, -0.15) is 0 Å². The highest BCUT2D eigenvalue weighted by molar-refractivity contribution is 5.10. The van der Waals surface area contributed by atoms with Gasteiger partial charge < -0.3 is 5.10 Å². The fourth-order valence-electron chi connectivity index (χ4n) is 1.30. The Morgan fingerprint density at radius 1 is 1.38 bits per heavy atom. The lowest BCUT2D eigenvalue weighted by Crippen LogP contribution is -2.33. The monoisotopic (exact) mass is 182 g/mol. The third-order valence-electron chi connectivity index (χ3n) is 2.09. The van der Waals surface area contributed by atoms with E-state index in [-0.39, 0.29) is 17.0 Å². The molecular formula is C10H18N2O. The van der Waals surface area contributed by atoms with E-state index in [0.717, 1.165) is 5.56 Å². The molecule has 1 aromatic heterocycles. The first kappa shape index (κ1) is 10.1. The van der Waals surface area contributed by atoms with Crippen molar-refractivity contribution < 1.29 is 0 Å². The maximum atomic E-state index is 11.8. The van der Waals surface area contributed by atoms with Gasteiger partial charge in [0.05, 0.1) is 5.54 Å². The van der Waals surface area contributed by atoms with Crippen LogP contribution in [0.25, 0.3) is 0 Å². The van der Waals surface area contributed by atoms with Crippen LogP contribution < -0.4 is 5.56 Å². The lowest BCUT2D eigenvalue weighted by atomic mass is 10.1. The highest BCUT2D eigenvalue weighted by atomic mass is 16.1. The molecule has 74 valence electrons. The molecule has 1 aromatic rings. The molecule has 0 bridgehead atoms. The van der Waals surface area contributed by atoms with Crippen molar-refractivity contribution in [1.82, 2.24) is 9.78 Å². The summed E-state index contributed by atoms with van der Waals surface area (Å²) in [6.45, 7) is 10.1. The molecule has 1 rings (SSSR count). The number of hydrogen-bond acceptors (Lipinski definition) is 1. The molecular weight excluding hydrogens is 164 g/mol. The van der Waals surface area contributed by atoms with Gasteiger partial charge in [0, 0.05) is 11.8 Å². The van der Waals surface area contributed by atoms with E-state index in [9.17, 15) is 4.79 Å². The van der Waals surface area contributed by atoms with Crippen LogP contribution in [0.15, 0.2) is 11.0 Å². The SMILES string of the molecule is CC(C)c1c[nH]n(C(C)(C)C)c1=O. The number of H-pyrrole nitrogens is 1. The zero-order chi connectivity index (χ0) is 10.2. The van der Waals surface area contributed by atoms with Gasteiger partial charge in [-0.05, 0) is 26.7 Å². The molecule has 3 nitrogen and oxygen atoms in total. The van der Waals surface area contributed by atoms with Crippen molar-refractivity contribution in [1.29, 1.82) is 0 Å². The largest absolute Gasteiger partial charge is 0.302 e. The molecule has 0 unspecified atom stereocenters. The number of hydrogen-bond donors (Lipinski definition) is 1. The quantitative estimate of drug-likeness (QED) is 0.709. The van der Waals surface area contributed by atoms with Crippen LogP contribution in [-0.4, -0.2) is 9.78 Å². The van der Waals surface area contributed by atoms with Gasteiger partial charge in [-0.3, -0.25) is 4.79 Å². The number of nitrogens with one attached hydrogen (secondary N) is 1. The van der Waals surface area contributed by atoms with Gasteiger partial charge in [0.1, 0.15) is 0 Å². The molecule has 0 aliphatic rings. The summed E-state index contributed by atoms with van der Waals surface area (Å²) in [7, 11) is 0. The van der Waals surface area contributed by atoms with E-state index >= 15 is 0 Å². The predicted octanol–water partition coefficient (Wildman–Crippen LogP) is 2.05. The van der Waals surface area contributed by atoms with E-state index in [2.05, 4.69) is 5.10 Å². The average Bonchev–Trinajstić information content (AvgIpc) is 2.28. The highest BCUT2D eigenvalue weighted by Crippen LogP contribution is 2.13. The van der Waals surface area contributed by atoms with Crippen molar-refractivity contribution >= 4 is 0 Å². The molecule has 0 amide bonds. The van der Waals surface area contributed by atoms with Crippen molar-refractivity contribution in [3.05, 3.63) is 22.1 Å². The second-order valence-corrected chi connectivity index (χ2v) is 4.69. The van der Waals surface area contributed by atoms with Crippen molar-refractivity contribution in [3.63, 3.8) is 0 Å². The van der Waals surface area contributed by atoms with E-state index in [1.54, 1.807) is 10.9 Å². The topological polar surface area (TPSA) is 37.8 Å². The summed E-state index contributed by atoms with van der Waals surface area (Å²) in [6.07, 6.45) is 1.80. The Balaban J connectivity index is 3.23. The van der Waals surface area contributed by atoms with E-state index in [1.165, 1.54) is 0 Å². The van der Waals surface area contributed by atoms with Crippen LogP contribution in [0.5, 0.6) is 0 Å². The predicted molar refractivity (Wildman–Crippen MR) is 54.1 cm³/mol. The minimum absolute atomic E-state index is 0.0995. The van der Waals surface area contributed by atoms with Crippen LogP contribution in [0.3, 0.4) is 0 Å². The summed E-state index contributed by atoms with van der Waals surface area (Å²) in [5.74, 6) is 0.285. The van der Waals surface area contributed by atoms with Gasteiger partial charge in [-0.25, -0.2) is 4.68 Å². The fraction of sp³-hybridized carbons (Fsp3) is 0.700. The standard InChI is InChI=1S/C10H18N2O/c1-7(2)8-6-11-12(9(8)13)10(3,4)5/h6-7,11H,1-5H3. The summed E-state index contributed by atoms with van der Waals surface area (Å²) in [5.41, 5.74) is 0.793. The maximum Gasteiger partial charge on any atom is 0.270 e. The first-order chi connectivity index (χ1) is 5.84. The number of nitrogens with zero attached hydrogens (tertiary/aromatic N) is 1. The number of aromatic amines is 1. The summed E-state index contributed by atoms with van der Waals surface area (Å²) in [5, 5.41) is 3.00. The molecule has 0 spiro atoms. The van der Waals surface area contributed by atoms with Crippen molar-refractivity contribution in [2.45, 2.75) is 46.1 Å². The summed E-state index contributed by atoms with van der Waals surface area (Å²) < 4.78 is 1.67. The Hall–Kier alpha value is -0.990. The van der Waals surface area contributed by atoms with E-state index in [0.29, 0.717) is 0 Å². The van der Waals surface area contributed by atoms with Crippen LogP contribution in [0, 0.1) is 0 Å². The minimum Gasteiger partial charge on any atom is -0.302 e. The van der Waals surface area contributed by atoms with Gasteiger partial charge in [-0.1, -0.05) is 13.8 Å². The van der Waals surface area contributed by atoms with Gasteiger partial charge in [0.15, 0.2) is 0 Å². The normalized spacial score (nSPS) is 12.5. The summed E-state index contributed by atoms with van der Waals surface area (Å²) in [6, 6.07) is 0. The number of rotatable bonds is 1. The molecule has 0 saturated heterocycles. The Morgan fingerprint density at radius 3 is 2.15 bits per heavy atom. The highest BCUT2D eigenvalue weighted by Gasteiger charge is 2.18. The van der Waals surface area contributed by atoms with Crippen LogP contribution in [-0.2, 0) is 5.54 Å². The molecule has 0 saturated carbocycles. The van der Waals surface area contributed by atoms with Gasteiger partial charge >= 0.3 is 0 Å². The molecule has 0 aliphatic heterocycles. The second kappa shape index (κ2) is 3.05. The average molecular weight is 182 g/mol. The summed E-state index contributed by atoms with van der Waals surface area (Å²) in [4.78, 5) is 11.8. The molecule has 13 heavy (non-hydrogen) atoms. The number of aromatic nitrogens is 2. The lowest BCUT2D eigenvalue weighted by Gasteiger charge is -2.18. The molecule has 0 radical (unpaired) electrons. The Kier molecular flexibility index (Phi) is 2.37. The molecule has 0 atom stereocenters. The zero-order valence-electron chi connectivity index (χ0n) is 9.01. The molecule has 3 heteroatoms. The third-order valence-corrected chi connectivity index (χ3v) is 2.09. The van der Waals surface area contributed by atoms with E-state index < -0.39 is 0 Å². The first-order valence-electron chi connectivity index (χ1n) is 4.65. The van der Waals surface area contributed by atoms with E-state index in [1.807, 2.05) is 34.6 Å². The molecule has 1 N–H and O–H groups in total. The van der Waals surface area contributed by atoms with E-state index in [4.69, 9.17) is 0 Å². The Morgan fingerprint density at radius 2 is 1.92 bits per heavy atom. The zero-order valence-corrected chi connectivity index (χ0v) is 9.01. The minimum atomic E-state index is -0.162. The molecule has 0 fully saturated rings. The van der Waals surface area contributed by atoms with Crippen LogP contribution >= 0.6 is 0 Å². The second-order valence-electron chi connectivity index (χ2n) is 4.69. The Bertz CT molecular complexity index is 339. The summed E-state index contributed by atoms with van der Waals surface area (Å²) >= 11 is 0. The Labute approximate surface area is 78.8 Å². The van der Waals surface area contributed by atoms with Crippen molar-refractivity contribution in [3.8, 4) is 0 Å². The van der Waals surface area contributed by atoms with Crippen LogP contribution in [0.4, 0.5) is 0 Å². The molecule has 1 heterocycles. The third kappa shape index (κ3) is 1.85. The van der Waals surface area contributed by atoms with Gasteiger partial charge in [0.2, 0.25) is 0 Å². The van der Waals surface area contributed by atoms with Gasteiger partial charge in [0.25, 0.3) is 5.56 Å². The fourth-order valence-corrected chi connectivity index (χ4v) is 1.30. The maximum absolute atomic E-state index is 11.8. The smallest absolute Gasteiger partial charge is 0.270 e. The van der Waals surface area contributed by atoms with Crippen molar-refractivity contribution in [2.75, 3.05) is 0 Å². The first-order valence-corrected chi connectivity index (χ1v) is 4.65. The van der Waals surface area contributed by atoms with Crippen LogP contribution in [0.1, 0.15) is 46.1 Å². The lowest BCUT2D eigenvalue weighted by molar-refractivity contribution is 0.345. The van der Waals surface area contributed by atoms with Crippen LogP contribution in [0.2, 0.25) is 0 Å². The van der Waals surface area contributed by atoms with Crippen molar-refractivity contribution in [2.24, 2.45) is 0 Å².